The van der Waals surface area contributed by atoms with Gasteiger partial charge >= 0.3 is 0 Å². The van der Waals surface area contributed by atoms with Gasteiger partial charge in [-0.1, -0.05) is 118 Å². The van der Waals surface area contributed by atoms with Crippen molar-refractivity contribution in [3.63, 3.8) is 0 Å². The van der Waals surface area contributed by atoms with Crippen LogP contribution in [-0.4, -0.2) is 20.3 Å². The highest BCUT2D eigenvalue weighted by atomic mass is 16.5. The van der Waals surface area contributed by atoms with Gasteiger partial charge in [0.1, 0.15) is 5.60 Å². The van der Waals surface area contributed by atoms with Crippen LogP contribution in [0.3, 0.4) is 0 Å². The number of benzene rings is 2. The first kappa shape index (κ1) is 28.3. The van der Waals surface area contributed by atoms with Crippen LogP contribution in [-0.2, 0) is 15.1 Å². The lowest BCUT2D eigenvalue weighted by atomic mass is 9.72. The van der Waals surface area contributed by atoms with Crippen LogP contribution in [0.1, 0.15) is 95.6 Å². The van der Waals surface area contributed by atoms with Gasteiger partial charge in [-0.05, 0) is 56.1 Å². The second-order valence-electron chi connectivity index (χ2n) is 9.39. The molecule has 0 spiro atoms. The molecule has 0 saturated carbocycles. The van der Waals surface area contributed by atoms with Crippen LogP contribution in [0.4, 0.5) is 0 Å². The Balaban J connectivity index is 2.15. The summed E-state index contributed by atoms with van der Waals surface area (Å²) in [6.45, 7) is 6.03. The summed E-state index contributed by atoms with van der Waals surface area (Å²) in [5, 5.41) is 0. The summed E-state index contributed by atoms with van der Waals surface area (Å²) in [4.78, 5) is 0. The van der Waals surface area contributed by atoms with Crippen LogP contribution >= 0.6 is 0 Å². The molecule has 0 amide bonds. The first-order chi connectivity index (χ1) is 16.8. The summed E-state index contributed by atoms with van der Waals surface area (Å²) in [6.07, 6.45) is 17.8. The molecule has 0 aliphatic carbocycles. The molecule has 34 heavy (non-hydrogen) atoms. The molecular formula is C32H48O2. The number of rotatable bonds is 19. The van der Waals surface area contributed by atoms with Gasteiger partial charge in [0.15, 0.2) is 0 Å². The van der Waals surface area contributed by atoms with E-state index in [2.05, 4.69) is 86.7 Å². The molecule has 0 fully saturated rings. The summed E-state index contributed by atoms with van der Waals surface area (Å²) in [7, 11) is 1.89. The summed E-state index contributed by atoms with van der Waals surface area (Å²) >= 11 is 0. The molecule has 0 saturated heterocycles. The average molecular weight is 465 g/mol. The van der Waals surface area contributed by atoms with Gasteiger partial charge in [0.05, 0.1) is 0 Å². The van der Waals surface area contributed by atoms with Gasteiger partial charge in [-0.2, -0.15) is 0 Å². The molecule has 2 aromatic carbocycles. The molecular weight excluding hydrogens is 416 g/mol. The van der Waals surface area contributed by atoms with Gasteiger partial charge in [0.2, 0.25) is 0 Å². The van der Waals surface area contributed by atoms with Crippen LogP contribution in [0.25, 0.3) is 0 Å². The zero-order valence-electron chi connectivity index (χ0n) is 22.0. The smallest absolute Gasteiger partial charge is 0.120 e. The highest BCUT2D eigenvalue weighted by Crippen LogP contribution is 2.44. The number of unbranched alkanes of at least 4 members (excludes halogenated alkanes) is 6. The van der Waals surface area contributed by atoms with Gasteiger partial charge in [-0.15, -0.1) is 0 Å². The molecule has 0 bridgehead atoms. The van der Waals surface area contributed by atoms with Crippen LogP contribution < -0.4 is 0 Å². The maximum atomic E-state index is 6.54. The number of hydrogen-bond donors (Lipinski definition) is 0. The third kappa shape index (κ3) is 9.04. The Hall–Kier alpha value is -1.90. The zero-order valence-corrected chi connectivity index (χ0v) is 22.0. The lowest BCUT2D eigenvalue weighted by Gasteiger charge is -2.41. The molecule has 0 radical (unpaired) electrons. The monoisotopic (exact) mass is 464 g/mol. The molecule has 2 nitrogen and oxygen atoms in total. The van der Waals surface area contributed by atoms with Crippen molar-refractivity contribution in [2.75, 3.05) is 20.3 Å². The fourth-order valence-corrected chi connectivity index (χ4v) is 5.14. The van der Waals surface area contributed by atoms with E-state index >= 15 is 0 Å². The predicted octanol–water partition coefficient (Wildman–Crippen LogP) is 9.10. The van der Waals surface area contributed by atoms with Crippen molar-refractivity contribution in [1.29, 1.82) is 0 Å². The van der Waals surface area contributed by atoms with E-state index in [1.54, 1.807) is 0 Å². The SMILES string of the molecule is CC=CCCCOCCCC(CCCCCCCC)C(OC)(c1ccccc1)c1ccccc1. The Morgan fingerprint density at radius 1 is 0.735 bits per heavy atom. The third-order valence-electron chi connectivity index (χ3n) is 6.94. The maximum absolute atomic E-state index is 6.54. The standard InChI is InChI=1S/C32H48O2/c1-4-6-8-10-11-14-21-31(26-20-28-34-27-19-9-7-5-2)32(33-3,29-22-15-12-16-23-29)30-24-17-13-18-25-30/h5,7,12-13,15-18,22-25,31H,4,6,8-11,14,19-21,26-28H2,1-3H3. The Labute approximate surface area is 209 Å². The fourth-order valence-electron chi connectivity index (χ4n) is 5.14. The number of ether oxygens (including phenoxy) is 2. The van der Waals surface area contributed by atoms with Crippen molar-refractivity contribution in [1.82, 2.24) is 0 Å². The summed E-state index contributed by atoms with van der Waals surface area (Å²) in [5.74, 6) is 0.403. The zero-order chi connectivity index (χ0) is 24.3. The second-order valence-corrected chi connectivity index (χ2v) is 9.39. The van der Waals surface area contributed by atoms with E-state index in [0.717, 1.165) is 38.9 Å². The number of hydrogen-bond acceptors (Lipinski definition) is 2. The normalized spacial score (nSPS) is 12.9. The topological polar surface area (TPSA) is 18.5 Å². The molecule has 2 rings (SSSR count). The van der Waals surface area contributed by atoms with E-state index in [0.29, 0.717) is 5.92 Å². The molecule has 188 valence electrons. The van der Waals surface area contributed by atoms with Crippen molar-refractivity contribution in [2.45, 2.75) is 90.1 Å². The largest absolute Gasteiger partial charge is 0.381 e. The molecule has 0 aliphatic rings. The van der Waals surface area contributed by atoms with Crippen molar-refractivity contribution < 1.29 is 9.47 Å². The van der Waals surface area contributed by atoms with Crippen molar-refractivity contribution in [2.24, 2.45) is 5.92 Å². The number of allylic oxidation sites excluding steroid dienone is 2. The van der Waals surface area contributed by atoms with E-state index < -0.39 is 5.60 Å². The first-order valence-electron chi connectivity index (χ1n) is 13.6. The molecule has 1 unspecified atom stereocenters. The summed E-state index contributed by atoms with van der Waals surface area (Å²) < 4.78 is 12.5. The highest BCUT2D eigenvalue weighted by molar-refractivity contribution is 5.37. The molecule has 2 heteroatoms. The lowest BCUT2D eigenvalue weighted by Crippen LogP contribution is -2.39. The minimum atomic E-state index is -0.433. The van der Waals surface area contributed by atoms with Gasteiger partial charge in [-0.3, -0.25) is 0 Å². The van der Waals surface area contributed by atoms with E-state index in [1.165, 1.54) is 56.1 Å². The van der Waals surface area contributed by atoms with Crippen molar-refractivity contribution in [3.05, 3.63) is 83.9 Å². The summed E-state index contributed by atoms with van der Waals surface area (Å²) in [5.41, 5.74) is 2.08. The Bertz CT molecular complexity index is 714. The van der Waals surface area contributed by atoms with E-state index in [9.17, 15) is 0 Å². The lowest BCUT2D eigenvalue weighted by molar-refractivity contribution is -0.0392. The summed E-state index contributed by atoms with van der Waals surface area (Å²) in [6, 6.07) is 21.7. The molecule has 0 aliphatic heterocycles. The average Bonchev–Trinajstić information content (AvgIpc) is 2.89. The van der Waals surface area contributed by atoms with Gasteiger partial charge in [0.25, 0.3) is 0 Å². The van der Waals surface area contributed by atoms with Crippen LogP contribution in [0.5, 0.6) is 0 Å². The van der Waals surface area contributed by atoms with E-state index in [1.807, 2.05) is 7.11 Å². The first-order valence-corrected chi connectivity index (χ1v) is 13.6. The predicted molar refractivity (Wildman–Crippen MR) is 146 cm³/mol. The molecule has 1 atom stereocenters. The van der Waals surface area contributed by atoms with Crippen LogP contribution in [0.2, 0.25) is 0 Å². The maximum Gasteiger partial charge on any atom is 0.120 e. The fraction of sp³-hybridized carbons (Fsp3) is 0.562. The molecule has 0 heterocycles. The Morgan fingerprint density at radius 2 is 1.29 bits per heavy atom. The molecule has 0 aromatic heterocycles. The van der Waals surface area contributed by atoms with Gasteiger partial charge in [0, 0.05) is 20.3 Å². The second kappa shape index (κ2) is 17.5. The molecule has 0 N–H and O–H groups in total. The minimum absolute atomic E-state index is 0.403. The van der Waals surface area contributed by atoms with Crippen LogP contribution in [0, 0.1) is 5.92 Å². The van der Waals surface area contributed by atoms with Crippen molar-refractivity contribution >= 4 is 0 Å². The van der Waals surface area contributed by atoms with Crippen molar-refractivity contribution in [3.8, 4) is 0 Å². The third-order valence-corrected chi connectivity index (χ3v) is 6.94. The van der Waals surface area contributed by atoms with Gasteiger partial charge in [-0.25, -0.2) is 0 Å². The Kier molecular flexibility index (Phi) is 14.6. The highest BCUT2D eigenvalue weighted by Gasteiger charge is 2.41. The molecule has 2 aromatic rings. The van der Waals surface area contributed by atoms with Gasteiger partial charge < -0.3 is 9.47 Å². The minimum Gasteiger partial charge on any atom is -0.381 e. The van der Waals surface area contributed by atoms with E-state index in [-0.39, 0.29) is 0 Å². The van der Waals surface area contributed by atoms with Crippen LogP contribution in [0.15, 0.2) is 72.8 Å². The Morgan fingerprint density at radius 3 is 1.88 bits per heavy atom. The van der Waals surface area contributed by atoms with E-state index in [4.69, 9.17) is 9.47 Å². The number of methoxy groups -OCH3 is 1. The quantitative estimate of drug-likeness (QED) is 0.152.